The van der Waals surface area contributed by atoms with Crippen molar-refractivity contribution in [3.05, 3.63) is 42.1 Å². The van der Waals surface area contributed by atoms with E-state index < -0.39 is 0 Å². The number of nitrogens with zero attached hydrogens (tertiary/aromatic N) is 1. The van der Waals surface area contributed by atoms with Gasteiger partial charge in [0.25, 0.3) is 0 Å². The lowest BCUT2D eigenvalue weighted by Crippen LogP contribution is -2.17. The fraction of sp³-hybridized carbons (Fsp3) is 0.438. The SMILES string of the molecule is OC1CCCCCC1c1cccc2ncccc12. The van der Waals surface area contributed by atoms with E-state index in [1.807, 2.05) is 18.3 Å². The zero-order chi connectivity index (χ0) is 12.4. The average Bonchev–Trinajstić information content (AvgIpc) is 2.63. The molecule has 2 atom stereocenters. The number of hydrogen-bond acceptors (Lipinski definition) is 2. The van der Waals surface area contributed by atoms with E-state index >= 15 is 0 Å². The van der Waals surface area contributed by atoms with Crippen LogP contribution in [0, 0.1) is 0 Å². The molecule has 1 fully saturated rings. The minimum atomic E-state index is -0.196. The maximum atomic E-state index is 10.3. The molecule has 0 amide bonds. The summed E-state index contributed by atoms with van der Waals surface area (Å²) in [6.07, 6.45) is 7.28. The molecule has 2 heteroatoms. The minimum Gasteiger partial charge on any atom is -0.392 e. The summed E-state index contributed by atoms with van der Waals surface area (Å²) in [5.74, 6) is 0.278. The smallest absolute Gasteiger partial charge is 0.0704 e. The van der Waals surface area contributed by atoms with Crippen LogP contribution in [0.3, 0.4) is 0 Å². The van der Waals surface area contributed by atoms with Gasteiger partial charge in [-0.15, -0.1) is 0 Å². The van der Waals surface area contributed by atoms with Crippen molar-refractivity contribution in [1.29, 1.82) is 0 Å². The zero-order valence-corrected chi connectivity index (χ0v) is 10.5. The topological polar surface area (TPSA) is 33.1 Å². The Balaban J connectivity index is 2.07. The molecule has 1 aliphatic rings. The predicted octanol–water partition coefficient (Wildman–Crippen LogP) is 3.64. The summed E-state index contributed by atoms with van der Waals surface area (Å²) < 4.78 is 0. The molecule has 3 rings (SSSR count). The highest BCUT2D eigenvalue weighted by Gasteiger charge is 2.24. The monoisotopic (exact) mass is 241 g/mol. The Morgan fingerprint density at radius 1 is 1.00 bits per heavy atom. The molecule has 0 radical (unpaired) electrons. The number of rotatable bonds is 1. The molecule has 1 aromatic carbocycles. The van der Waals surface area contributed by atoms with E-state index in [4.69, 9.17) is 0 Å². The van der Waals surface area contributed by atoms with Crippen LogP contribution in [-0.4, -0.2) is 16.2 Å². The number of pyridine rings is 1. The van der Waals surface area contributed by atoms with Gasteiger partial charge in [0.15, 0.2) is 0 Å². The third-order valence-corrected chi connectivity index (χ3v) is 4.06. The highest BCUT2D eigenvalue weighted by atomic mass is 16.3. The Hall–Kier alpha value is -1.41. The molecule has 1 aromatic heterocycles. The summed E-state index contributed by atoms with van der Waals surface area (Å²) in [5, 5.41) is 11.5. The van der Waals surface area contributed by atoms with Gasteiger partial charge in [0.05, 0.1) is 11.6 Å². The third-order valence-electron chi connectivity index (χ3n) is 4.06. The summed E-state index contributed by atoms with van der Waals surface area (Å²) in [5.41, 5.74) is 2.31. The van der Waals surface area contributed by atoms with Gasteiger partial charge in [0.1, 0.15) is 0 Å². The Bertz CT molecular complexity index is 532. The molecule has 1 N–H and O–H groups in total. The molecule has 0 spiro atoms. The highest BCUT2D eigenvalue weighted by molar-refractivity contribution is 5.82. The van der Waals surface area contributed by atoms with Gasteiger partial charge in [-0.3, -0.25) is 4.98 Å². The van der Waals surface area contributed by atoms with Gasteiger partial charge in [-0.1, -0.05) is 37.5 Å². The molecule has 94 valence electrons. The second kappa shape index (κ2) is 5.07. The molecule has 0 bridgehead atoms. The van der Waals surface area contributed by atoms with Gasteiger partial charge in [-0.05, 0) is 30.5 Å². The molecule has 1 aliphatic carbocycles. The van der Waals surface area contributed by atoms with Gasteiger partial charge in [-0.25, -0.2) is 0 Å². The fourth-order valence-electron chi connectivity index (χ4n) is 3.10. The lowest BCUT2D eigenvalue weighted by atomic mass is 9.87. The normalized spacial score (nSPS) is 24.9. The predicted molar refractivity (Wildman–Crippen MR) is 73.6 cm³/mol. The quantitative estimate of drug-likeness (QED) is 0.773. The van der Waals surface area contributed by atoms with E-state index in [0.717, 1.165) is 24.8 Å². The van der Waals surface area contributed by atoms with Crippen LogP contribution < -0.4 is 0 Å². The molecule has 2 aromatic rings. The standard InChI is InChI=1S/C16H19NO/c18-16-10-3-1-2-6-14(16)12-7-4-9-15-13(12)8-5-11-17-15/h4-5,7-9,11,14,16,18H,1-3,6,10H2. The van der Waals surface area contributed by atoms with Gasteiger partial charge in [-0.2, -0.15) is 0 Å². The Labute approximate surface area is 108 Å². The van der Waals surface area contributed by atoms with Crippen LogP contribution in [0.2, 0.25) is 0 Å². The van der Waals surface area contributed by atoms with Crippen LogP contribution in [0.4, 0.5) is 0 Å². The summed E-state index contributed by atoms with van der Waals surface area (Å²) in [4.78, 5) is 4.40. The van der Waals surface area contributed by atoms with E-state index in [2.05, 4.69) is 23.2 Å². The highest BCUT2D eigenvalue weighted by Crippen LogP contribution is 2.35. The first-order valence-electron chi connectivity index (χ1n) is 6.88. The van der Waals surface area contributed by atoms with Crippen LogP contribution in [0.5, 0.6) is 0 Å². The average molecular weight is 241 g/mol. The lowest BCUT2D eigenvalue weighted by Gasteiger charge is -2.22. The maximum Gasteiger partial charge on any atom is 0.0704 e. The van der Waals surface area contributed by atoms with E-state index in [0.29, 0.717) is 0 Å². The van der Waals surface area contributed by atoms with E-state index in [1.54, 1.807) is 0 Å². The molecular weight excluding hydrogens is 222 g/mol. The van der Waals surface area contributed by atoms with E-state index in [-0.39, 0.29) is 12.0 Å². The molecule has 2 unspecified atom stereocenters. The van der Waals surface area contributed by atoms with Crippen LogP contribution in [-0.2, 0) is 0 Å². The van der Waals surface area contributed by atoms with Crippen LogP contribution in [0.15, 0.2) is 36.5 Å². The Morgan fingerprint density at radius 2 is 1.89 bits per heavy atom. The van der Waals surface area contributed by atoms with Gasteiger partial charge >= 0.3 is 0 Å². The van der Waals surface area contributed by atoms with Gasteiger partial charge in [0.2, 0.25) is 0 Å². The molecule has 0 saturated heterocycles. The van der Waals surface area contributed by atoms with Crippen molar-refractivity contribution < 1.29 is 5.11 Å². The summed E-state index contributed by atoms with van der Waals surface area (Å²) >= 11 is 0. The number of hydrogen-bond donors (Lipinski definition) is 1. The van der Waals surface area contributed by atoms with Crippen molar-refractivity contribution in [2.24, 2.45) is 0 Å². The lowest BCUT2D eigenvalue weighted by molar-refractivity contribution is 0.136. The maximum absolute atomic E-state index is 10.3. The van der Waals surface area contributed by atoms with Crippen molar-refractivity contribution >= 4 is 10.9 Å². The molecule has 1 saturated carbocycles. The number of benzene rings is 1. The fourth-order valence-corrected chi connectivity index (χ4v) is 3.10. The Morgan fingerprint density at radius 3 is 2.83 bits per heavy atom. The number of aliphatic hydroxyl groups is 1. The third kappa shape index (κ3) is 2.13. The Kier molecular flexibility index (Phi) is 3.28. The van der Waals surface area contributed by atoms with E-state index in [1.165, 1.54) is 23.8 Å². The van der Waals surface area contributed by atoms with Crippen molar-refractivity contribution in [3.8, 4) is 0 Å². The first-order valence-corrected chi connectivity index (χ1v) is 6.88. The number of fused-ring (bicyclic) bond motifs is 1. The first-order chi connectivity index (χ1) is 8.86. The zero-order valence-electron chi connectivity index (χ0n) is 10.5. The summed E-state index contributed by atoms with van der Waals surface area (Å²) in [7, 11) is 0. The number of aromatic nitrogens is 1. The van der Waals surface area contributed by atoms with Crippen LogP contribution >= 0.6 is 0 Å². The van der Waals surface area contributed by atoms with Crippen molar-refractivity contribution in [2.45, 2.75) is 44.1 Å². The second-order valence-electron chi connectivity index (χ2n) is 5.23. The minimum absolute atomic E-state index is 0.196. The first kappa shape index (κ1) is 11.7. The summed E-state index contributed by atoms with van der Waals surface area (Å²) in [6.45, 7) is 0. The molecule has 18 heavy (non-hydrogen) atoms. The molecule has 1 heterocycles. The van der Waals surface area contributed by atoms with E-state index in [9.17, 15) is 5.11 Å². The summed E-state index contributed by atoms with van der Waals surface area (Å²) in [6, 6.07) is 10.4. The van der Waals surface area contributed by atoms with Gasteiger partial charge < -0.3 is 5.11 Å². The van der Waals surface area contributed by atoms with Crippen molar-refractivity contribution in [2.75, 3.05) is 0 Å². The second-order valence-corrected chi connectivity index (χ2v) is 5.23. The number of aliphatic hydroxyl groups excluding tert-OH is 1. The molecule has 2 nitrogen and oxygen atoms in total. The largest absolute Gasteiger partial charge is 0.392 e. The van der Waals surface area contributed by atoms with Crippen LogP contribution in [0.25, 0.3) is 10.9 Å². The van der Waals surface area contributed by atoms with Gasteiger partial charge in [0, 0.05) is 17.5 Å². The molecule has 0 aliphatic heterocycles. The van der Waals surface area contributed by atoms with Crippen molar-refractivity contribution in [3.63, 3.8) is 0 Å². The molecular formula is C16H19NO. The van der Waals surface area contributed by atoms with Crippen LogP contribution in [0.1, 0.15) is 43.6 Å². The van der Waals surface area contributed by atoms with Crippen molar-refractivity contribution in [1.82, 2.24) is 4.98 Å².